The third-order valence-electron chi connectivity index (χ3n) is 2.54. The Morgan fingerprint density at radius 3 is 2.37 bits per heavy atom. The highest BCUT2D eigenvalue weighted by molar-refractivity contribution is 5.56. The zero-order valence-electron chi connectivity index (χ0n) is 9.88. The van der Waals surface area contributed by atoms with Gasteiger partial charge in [-0.15, -0.1) is 5.10 Å². The van der Waals surface area contributed by atoms with Crippen molar-refractivity contribution < 1.29 is 8.81 Å². The molecule has 2 aromatic carbocycles. The number of halogens is 1. The van der Waals surface area contributed by atoms with Crippen LogP contribution in [0.3, 0.4) is 0 Å². The van der Waals surface area contributed by atoms with Crippen LogP contribution in [-0.4, -0.2) is 10.2 Å². The second-order valence-corrected chi connectivity index (χ2v) is 3.91. The van der Waals surface area contributed by atoms with Gasteiger partial charge in [0, 0.05) is 11.3 Å². The minimum Gasteiger partial charge on any atom is -0.403 e. The van der Waals surface area contributed by atoms with Crippen molar-refractivity contribution in [3.63, 3.8) is 0 Å². The van der Waals surface area contributed by atoms with Gasteiger partial charge in [-0.05, 0) is 36.4 Å². The van der Waals surface area contributed by atoms with Gasteiger partial charge in [0.25, 0.3) is 0 Å². The van der Waals surface area contributed by atoms with E-state index in [1.165, 1.54) is 12.1 Å². The first-order valence-electron chi connectivity index (χ1n) is 5.73. The molecule has 0 unspecified atom stereocenters. The Bertz CT molecular complexity index is 665. The third-order valence-corrected chi connectivity index (χ3v) is 2.54. The van der Waals surface area contributed by atoms with Crippen molar-refractivity contribution in [2.75, 3.05) is 5.32 Å². The van der Waals surface area contributed by atoms with Crippen molar-refractivity contribution in [3.05, 3.63) is 60.4 Å². The van der Waals surface area contributed by atoms with Crippen LogP contribution in [0.5, 0.6) is 0 Å². The molecule has 0 radical (unpaired) electrons. The number of benzene rings is 2. The maximum absolute atomic E-state index is 12.8. The fourth-order valence-corrected chi connectivity index (χ4v) is 1.63. The summed E-state index contributed by atoms with van der Waals surface area (Å²) in [6.45, 7) is 0. The molecular formula is C14H10FN3O. The van der Waals surface area contributed by atoms with Crippen LogP contribution in [0, 0.1) is 5.82 Å². The summed E-state index contributed by atoms with van der Waals surface area (Å²) < 4.78 is 18.2. The van der Waals surface area contributed by atoms with Crippen LogP contribution >= 0.6 is 0 Å². The lowest BCUT2D eigenvalue weighted by molar-refractivity contribution is 0.587. The molecule has 19 heavy (non-hydrogen) atoms. The minimum atomic E-state index is -0.291. The SMILES string of the molecule is Fc1ccc(Nc2nnc(-c3ccccc3)o2)cc1. The van der Waals surface area contributed by atoms with E-state index in [1.807, 2.05) is 30.3 Å². The monoisotopic (exact) mass is 255 g/mol. The molecule has 1 aromatic heterocycles. The van der Waals surface area contributed by atoms with Crippen LogP contribution in [0.25, 0.3) is 11.5 Å². The molecule has 0 amide bonds. The Labute approximate surface area is 108 Å². The average Bonchev–Trinajstić information content (AvgIpc) is 2.91. The molecule has 3 aromatic rings. The molecular weight excluding hydrogens is 245 g/mol. The van der Waals surface area contributed by atoms with Gasteiger partial charge in [-0.2, -0.15) is 0 Å². The largest absolute Gasteiger partial charge is 0.403 e. The van der Waals surface area contributed by atoms with Crippen molar-refractivity contribution in [2.45, 2.75) is 0 Å². The van der Waals surface area contributed by atoms with E-state index in [0.29, 0.717) is 11.6 Å². The number of anilines is 2. The van der Waals surface area contributed by atoms with Crippen LogP contribution in [-0.2, 0) is 0 Å². The van der Waals surface area contributed by atoms with E-state index in [-0.39, 0.29) is 11.8 Å². The van der Waals surface area contributed by atoms with E-state index < -0.39 is 0 Å². The molecule has 4 nitrogen and oxygen atoms in total. The van der Waals surface area contributed by atoms with Gasteiger partial charge in [0.15, 0.2) is 0 Å². The molecule has 0 bridgehead atoms. The normalized spacial score (nSPS) is 10.4. The van der Waals surface area contributed by atoms with Crippen LogP contribution in [0.4, 0.5) is 16.1 Å². The molecule has 0 saturated carbocycles. The third kappa shape index (κ3) is 2.60. The Hall–Kier alpha value is -2.69. The lowest BCUT2D eigenvalue weighted by Crippen LogP contribution is -1.90. The summed E-state index contributed by atoms with van der Waals surface area (Å²) in [4.78, 5) is 0. The van der Waals surface area contributed by atoms with E-state index in [1.54, 1.807) is 12.1 Å². The van der Waals surface area contributed by atoms with Gasteiger partial charge in [0.05, 0.1) is 0 Å². The lowest BCUT2D eigenvalue weighted by Gasteiger charge is -1.99. The summed E-state index contributed by atoms with van der Waals surface area (Å²) in [6.07, 6.45) is 0. The van der Waals surface area contributed by atoms with Gasteiger partial charge in [-0.3, -0.25) is 0 Å². The number of rotatable bonds is 3. The van der Waals surface area contributed by atoms with Gasteiger partial charge in [-0.25, -0.2) is 4.39 Å². The fourth-order valence-electron chi connectivity index (χ4n) is 1.63. The number of aromatic nitrogens is 2. The molecule has 0 aliphatic heterocycles. The van der Waals surface area contributed by atoms with E-state index in [0.717, 1.165) is 5.56 Å². The predicted molar refractivity (Wildman–Crippen MR) is 69.4 cm³/mol. The van der Waals surface area contributed by atoms with Gasteiger partial charge < -0.3 is 9.73 Å². The predicted octanol–water partition coefficient (Wildman–Crippen LogP) is 3.62. The summed E-state index contributed by atoms with van der Waals surface area (Å²) in [5.41, 5.74) is 1.53. The fraction of sp³-hybridized carbons (Fsp3) is 0. The highest BCUT2D eigenvalue weighted by atomic mass is 19.1. The Morgan fingerprint density at radius 1 is 0.895 bits per heavy atom. The molecule has 0 spiro atoms. The van der Waals surface area contributed by atoms with Gasteiger partial charge in [-0.1, -0.05) is 23.3 Å². The first-order chi connectivity index (χ1) is 9.31. The molecule has 5 heteroatoms. The van der Waals surface area contributed by atoms with Crippen molar-refractivity contribution in [3.8, 4) is 11.5 Å². The number of hydrogen-bond donors (Lipinski definition) is 1. The van der Waals surface area contributed by atoms with Crippen molar-refractivity contribution >= 4 is 11.7 Å². The zero-order chi connectivity index (χ0) is 13.1. The molecule has 0 saturated heterocycles. The molecule has 1 heterocycles. The van der Waals surface area contributed by atoms with Gasteiger partial charge >= 0.3 is 6.01 Å². The van der Waals surface area contributed by atoms with Crippen LogP contribution in [0.2, 0.25) is 0 Å². The minimum absolute atomic E-state index is 0.269. The Morgan fingerprint density at radius 2 is 1.63 bits per heavy atom. The maximum atomic E-state index is 12.8. The second kappa shape index (κ2) is 4.89. The van der Waals surface area contributed by atoms with Crippen molar-refractivity contribution in [2.24, 2.45) is 0 Å². The van der Waals surface area contributed by atoms with E-state index in [2.05, 4.69) is 15.5 Å². The first kappa shape index (κ1) is 11.4. The van der Waals surface area contributed by atoms with Crippen molar-refractivity contribution in [1.82, 2.24) is 10.2 Å². The Balaban J connectivity index is 1.80. The highest BCUT2D eigenvalue weighted by Gasteiger charge is 2.07. The van der Waals surface area contributed by atoms with Crippen molar-refractivity contribution in [1.29, 1.82) is 0 Å². The van der Waals surface area contributed by atoms with E-state index in [4.69, 9.17) is 4.42 Å². The molecule has 94 valence electrons. The van der Waals surface area contributed by atoms with Gasteiger partial charge in [0.2, 0.25) is 5.89 Å². The molecule has 1 N–H and O–H groups in total. The van der Waals surface area contributed by atoms with Crippen LogP contribution in [0.1, 0.15) is 0 Å². The zero-order valence-corrected chi connectivity index (χ0v) is 9.88. The quantitative estimate of drug-likeness (QED) is 0.776. The Kier molecular flexibility index (Phi) is 2.94. The molecule has 0 aliphatic carbocycles. The summed E-state index contributed by atoms with van der Waals surface area (Å²) in [6, 6.07) is 15.7. The summed E-state index contributed by atoms with van der Waals surface area (Å²) >= 11 is 0. The average molecular weight is 255 g/mol. The second-order valence-electron chi connectivity index (χ2n) is 3.91. The molecule has 0 aliphatic rings. The molecule has 0 atom stereocenters. The molecule has 0 fully saturated rings. The van der Waals surface area contributed by atoms with Gasteiger partial charge in [0.1, 0.15) is 5.82 Å². The summed E-state index contributed by atoms with van der Waals surface area (Å²) in [5, 5.41) is 10.7. The maximum Gasteiger partial charge on any atom is 0.320 e. The van der Waals surface area contributed by atoms with E-state index >= 15 is 0 Å². The number of nitrogens with zero attached hydrogens (tertiary/aromatic N) is 2. The first-order valence-corrected chi connectivity index (χ1v) is 5.73. The van der Waals surface area contributed by atoms with Crippen LogP contribution < -0.4 is 5.32 Å². The standard InChI is InChI=1S/C14H10FN3O/c15-11-6-8-12(9-7-11)16-14-18-17-13(19-14)10-4-2-1-3-5-10/h1-9H,(H,16,18). The number of hydrogen-bond acceptors (Lipinski definition) is 4. The number of nitrogens with one attached hydrogen (secondary N) is 1. The summed E-state index contributed by atoms with van der Waals surface area (Å²) in [5.74, 6) is 0.145. The van der Waals surface area contributed by atoms with E-state index in [9.17, 15) is 4.39 Å². The lowest BCUT2D eigenvalue weighted by atomic mass is 10.2. The van der Waals surface area contributed by atoms with Crippen LogP contribution in [0.15, 0.2) is 59.0 Å². The smallest absolute Gasteiger partial charge is 0.320 e. The highest BCUT2D eigenvalue weighted by Crippen LogP contribution is 2.21. The topological polar surface area (TPSA) is 51.0 Å². The molecule has 3 rings (SSSR count). The summed E-state index contributed by atoms with van der Waals surface area (Å²) in [7, 11) is 0.